The molecular weight excluding hydrogens is 415 g/mol. The van der Waals surface area contributed by atoms with E-state index in [-0.39, 0.29) is 42.5 Å². The van der Waals surface area contributed by atoms with Gasteiger partial charge < -0.3 is 1.43 Å². The van der Waals surface area contributed by atoms with E-state index in [9.17, 15) is 8.42 Å². The predicted octanol–water partition coefficient (Wildman–Crippen LogP) is 5.14. The molecular formula is C26H41NaO3S. The van der Waals surface area contributed by atoms with Gasteiger partial charge in [0.2, 0.25) is 0 Å². The Kier molecular flexibility index (Phi) is 15.8. The number of unbranched alkanes of at least 4 members (excludes halogenated alkanes) is 13. The molecule has 0 radical (unpaired) electrons. The molecule has 0 bridgehead atoms. The minimum atomic E-state index is -3.70. The summed E-state index contributed by atoms with van der Waals surface area (Å²) < 4.78 is 30.4. The fraction of sp³-hybridized carbons (Fsp3) is 0.615. The molecule has 3 nitrogen and oxygen atoms in total. The zero-order chi connectivity index (χ0) is 21.5. The molecule has 0 saturated carbocycles. The molecule has 31 heavy (non-hydrogen) atoms. The zero-order valence-corrected chi connectivity index (χ0v) is 22.6. The molecule has 0 amide bonds. The van der Waals surface area contributed by atoms with Crippen molar-refractivity contribution in [3.63, 3.8) is 0 Å². The normalized spacial score (nSPS) is 11.5. The molecule has 0 heterocycles. The Morgan fingerprint density at radius 1 is 0.677 bits per heavy atom. The van der Waals surface area contributed by atoms with Crippen LogP contribution >= 0.6 is 0 Å². The Morgan fingerprint density at radius 3 is 1.74 bits per heavy atom. The molecule has 0 atom stereocenters. The fourth-order valence-corrected chi connectivity index (χ4v) is 5.11. The van der Waals surface area contributed by atoms with E-state index in [1.54, 1.807) is 12.1 Å². The van der Waals surface area contributed by atoms with Gasteiger partial charge in [-0.1, -0.05) is 127 Å². The van der Waals surface area contributed by atoms with E-state index in [1.165, 1.54) is 70.6 Å². The minimum Gasteiger partial charge on any atom is -1.00 e. The van der Waals surface area contributed by atoms with Gasteiger partial charge in [0, 0.05) is 5.39 Å². The van der Waals surface area contributed by atoms with Crippen LogP contribution in [0.15, 0.2) is 47.4 Å². The van der Waals surface area contributed by atoms with E-state index in [2.05, 4.69) is 6.92 Å². The van der Waals surface area contributed by atoms with Crippen molar-refractivity contribution in [2.24, 2.45) is 0 Å². The zero-order valence-electron chi connectivity index (χ0n) is 20.8. The SMILES string of the molecule is CCCCCCCCCCCCCCCCOS(=O)(=O)c1cccc2ccccc12.[H-].[Na+]. The number of benzene rings is 2. The molecule has 2 aromatic rings. The molecule has 2 rings (SSSR count). The Balaban J connectivity index is 0.00000480. The van der Waals surface area contributed by atoms with Gasteiger partial charge in [-0.05, 0) is 17.9 Å². The van der Waals surface area contributed by atoms with E-state index >= 15 is 0 Å². The molecule has 0 aliphatic carbocycles. The summed E-state index contributed by atoms with van der Waals surface area (Å²) in [5.41, 5.74) is 0. The van der Waals surface area contributed by atoms with Gasteiger partial charge in [0.05, 0.1) is 6.61 Å². The Labute approximate surface area is 214 Å². The minimum absolute atomic E-state index is 0. The molecule has 0 unspecified atom stereocenters. The monoisotopic (exact) mass is 456 g/mol. The largest absolute Gasteiger partial charge is 1.00 e. The van der Waals surface area contributed by atoms with Crippen LogP contribution in [0.1, 0.15) is 98.2 Å². The molecule has 0 aromatic heterocycles. The van der Waals surface area contributed by atoms with Crippen molar-refractivity contribution in [1.82, 2.24) is 0 Å². The van der Waals surface area contributed by atoms with E-state index < -0.39 is 10.1 Å². The standard InChI is InChI=1S/C26H40O3S.Na.H/c1-2-3-4-5-6-7-8-9-10-11-12-13-14-17-23-29-30(27,28)26-22-18-20-24-19-15-16-21-25(24)26;;/h15-16,18-22H,2-14,17,23H2,1H3;;/q;+1;-1. The van der Waals surface area contributed by atoms with Gasteiger partial charge in [-0.15, -0.1) is 0 Å². The smallest absolute Gasteiger partial charge is 1.00 e. The number of hydrogen-bond donors (Lipinski definition) is 0. The molecule has 0 aliphatic rings. The van der Waals surface area contributed by atoms with Crippen LogP contribution in [0, 0.1) is 0 Å². The molecule has 170 valence electrons. The summed E-state index contributed by atoms with van der Waals surface area (Å²) in [5, 5.41) is 1.64. The number of fused-ring (bicyclic) bond motifs is 1. The van der Waals surface area contributed by atoms with Crippen molar-refractivity contribution in [2.75, 3.05) is 6.61 Å². The summed E-state index contributed by atoms with van der Waals surface area (Å²) in [6, 6.07) is 12.8. The van der Waals surface area contributed by atoms with Crippen LogP contribution in [-0.2, 0) is 14.3 Å². The van der Waals surface area contributed by atoms with Crippen LogP contribution < -0.4 is 29.6 Å². The summed E-state index contributed by atoms with van der Waals surface area (Å²) in [5.74, 6) is 0. The number of rotatable bonds is 17. The van der Waals surface area contributed by atoms with E-state index in [1.807, 2.05) is 30.3 Å². The van der Waals surface area contributed by atoms with E-state index in [4.69, 9.17) is 4.18 Å². The molecule has 0 N–H and O–H groups in total. The van der Waals surface area contributed by atoms with Crippen LogP contribution in [0.3, 0.4) is 0 Å². The fourth-order valence-electron chi connectivity index (χ4n) is 3.94. The van der Waals surface area contributed by atoms with Crippen molar-refractivity contribution < 1.29 is 43.6 Å². The summed E-state index contributed by atoms with van der Waals surface area (Å²) in [6.45, 7) is 2.53. The first-order valence-electron chi connectivity index (χ1n) is 12.0. The van der Waals surface area contributed by atoms with Gasteiger partial charge in [-0.3, -0.25) is 4.18 Å². The third-order valence-electron chi connectivity index (χ3n) is 5.76. The quantitative estimate of drug-likeness (QED) is 0.188. The first kappa shape index (κ1) is 28.6. The van der Waals surface area contributed by atoms with Crippen LogP contribution in [-0.4, -0.2) is 15.0 Å². The van der Waals surface area contributed by atoms with Crippen LogP contribution in [0.2, 0.25) is 0 Å². The predicted molar refractivity (Wildman–Crippen MR) is 129 cm³/mol. The van der Waals surface area contributed by atoms with Crippen molar-refractivity contribution in [1.29, 1.82) is 0 Å². The van der Waals surface area contributed by atoms with Crippen molar-refractivity contribution in [3.8, 4) is 0 Å². The maximum atomic E-state index is 12.6. The molecule has 2 aromatic carbocycles. The second kappa shape index (κ2) is 17.1. The molecule has 0 aliphatic heterocycles. The second-order valence-electron chi connectivity index (χ2n) is 8.35. The molecule has 0 saturated heterocycles. The van der Waals surface area contributed by atoms with Gasteiger partial charge in [-0.25, -0.2) is 0 Å². The molecule has 0 spiro atoms. The summed E-state index contributed by atoms with van der Waals surface area (Å²) in [7, 11) is -3.70. The van der Waals surface area contributed by atoms with Gasteiger partial charge in [-0.2, -0.15) is 8.42 Å². The van der Waals surface area contributed by atoms with Gasteiger partial charge in [0.1, 0.15) is 4.90 Å². The van der Waals surface area contributed by atoms with Crippen molar-refractivity contribution in [3.05, 3.63) is 42.5 Å². The maximum Gasteiger partial charge on any atom is 1.00 e. The molecule has 0 fully saturated rings. The topological polar surface area (TPSA) is 43.4 Å². The summed E-state index contributed by atoms with van der Waals surface area (Å²) in [6.07, 6.45) is 17.9. The Morgan fingerprint density at radius 2 is 1.16 bits per heavy atom. The van der Waals surface area contributed by atoms with Gasteiger partial charge in [0.15, 0.2) is 0 Å². The van der Waals surface area contributed by atoms with Crippen molar-refractivity contribution >= 4 is 20.9 Å². The van der Waals surface area contributed by atoms with Crippen LogP contribution in [0.5, 0.6) is 0 Å². The Bertz CT molecular complexity index is 821. The maximum absolute atomic E-state index is 12.6. The third kappa shape index (κ3) is 11.3. The average Bonchev–Trinajstić information content (AvgIpc) is 2.76. The Hall–Kier alpha value is -0.390. The van der Waals surface area contributed by atoms with Crippen LogP contribution in [0.25, 0.3) is 10.8 Å². The van der Waals surface area contributed by atoms with E-state index in [0.29, 0.717) is 0 Å². The van der Waals surface area contributed by atoms with Crippen molar-refractivity contribution in [2.45, 2.75) is 102 Å². The summed E-state index contributed by atoms with van der Waals surface area (Å²) in [4.78, 5) is 0.269. The van der Waals surface area contributed by atoms with Gasteiger partial charge >= 0.3 is 29.6 Å². The second-order valence-corrected chi connectivity index (χ2v) is 9.93. The first-order valence-corrected chi connectivity index (χ1v) is 13.4. The van der Waals surface area contributed by atoms with Crippen LogP contribution in [0.4, 0.5) is 0 Å². The van der Waals surface area contributed by atoms with E-state index in [0.717, 1.165) is 30.0 Å². The average molecular weight is 457 g/mol. The van der Waals surface area contributed by atoms with Gasteiger partial charge in [0.25, 0.3) is 10.1 Å². The third-order valence-corrected chi connectivity index (χ3v) is 7.13. The molecule has 5 heteroatoms. The first-order chi connectivity index (χ1) is 14.6. The number of hydrogen-bond acceptors (Lipinski definition) is 3. The summed E-state index contributed by atoms with van der Waals surface area (Å²) >= 11 is 0.